The van der Waals surface area contributed by atoms with E-state index in [0.717, 1.165) is 26.3 Å². The van der Waals surface area contributed by atoms with Gasteiger partial charge in [-0.1, -0.05) is 0 Å². The van der Waals surface area contributed by atoms with E-state index in [1.54, 1.807) is 24.3 Å². The molecule has 1 aliphatic heterocycles. The molecule has 3 unspecified atom stereocenters. The molecular weight excluding hydrogens is 503 g/mol. The fourth-order valence-electron chi connectivity index (χ4n) is 3.15. The number of carbonyl (C=O) groups is 5. The van der Waals surface area contributed by atoms with Crippen LogP contribution in [-0.4, -0.2) is 79.5 Å². The van der Waals surface area contributed by atoms with Gasteiger partial charge in [0.1, 0.15) is 0 Å². The zero-order valence-electron chi connectivity index (χ0n) is 18.9. The molecule has 1 aliphatic rings. The first-order valence-electron chi connectivity index (χ1n) is 10.1. The van der Waals surface area contributed by atoms with Crippen molar-refractivity contribution in [1.82, 2.24) is 0 Å². The van der Waals surface area contributed by atoms with E-state index in [0.29, 0.717) is 5.56 Å². The summed E-state index contributed by atoms with van der Waals surface area (Å²) in [6.07, 6.45) is -4.80. The maximum atomic E-state index is 12.9. The molecule has 1 saturated heterocycles. The van der Waals surface area contributed by atoms with E-state index in [9.17, 15) is 24.0 Å². The number of ether oxygens (including phenoxy) is 5. The predicted octanol–water partition coefficient (Wildman–Crippen LogP) is 0.923. The first kappa shape index (κ1) is 26.5. The summed E-state index contributed by atoms with van der Waals surface area (Å²) < 4.78 is 26.8. The fraction of sp³-hybridized carbons (Fsp3) is 0.500. The monoisotopic (exact) mass is 530 g/mol. The number of hydrogen-bond acceptors (Lipinski definition) is 10. The Morgan fingerprint density at radius 2 is 1.30 bits per heavy atom. The van der Waals surface area contributed by atoms with E-state index in [4.69, 9.17) is 23.7 Å². The van der Waals surface area contributed by atoms with Gasteiger partial charge < -0.3 is 0 Å². The van der Waals surface area contributed by atoms with Crippen LogP contribution in [0.2, 0.25) is 0 Å². The second kappa shape index (κ2) is 11.9. The summed E-state index contributed by atoms with van der Waals surface area (Å²) >= 11 is -0.941. The third-order valence-electron chi connectivity index (χ3n) is 4.46. The number of hydrogen-bond donors (Lipinski definition) is 0. The van der Waals surface area contributed by atoms with Crippen molar-refractivity contribution in [3.8, 4) is 0 Å². The van der Waals surface area contributed by atoms with Crippen molar-refractivity contribution >= 4 is 43.5 Å². The van der Waals surface area contributed by atoms with Gasteiger partial charge in [-0.3, -0.25) is 0 Å². The second-order valence-corrected chi connectivity index (χ2v) is 9.59. The van der Waals surface area contributed by atoms with Gasteiger partial charge in [-0.15, -0.1) is 0 Å². The van der Waals surface area contributed by atoms with Crippen LogP contribution in [0, 0.1) is 6.92 Å². The Morgan fingerprint density at radius 1 is 0.788 bits per heavy atom. The molecule has 2 rings (SSSR count). The Labute approximate surface area is 197 Å². The Bertz CT molecular complexity index is 897. The number of rotatable bonds is 8. The van der Waals surface area contributed by atoms with Crippen LogP contribution >= 0.6 is 0 Å². The van der Waals surface area contributed by atoms with Gasteiger partial charge >= 0.3 is 197 Å². The molecule has 0 aliphatic carbocycles. The molecular formula is C22H26O10Se. The first-order chi connectivity index (χ1) is 15.5. The number of esters is 4. The molecule has 11 heteroatoms. The standard InChI is InChI=1S/C22H26O10Se/c1-11-6-8-16(9-7-11)21(27)33-22-20(31-15(5)26)19(30-14(4)25)18(29-13(3)24)17(32-22)10-28-12(2)23/h6-9,17-20,22H,10H2,1-5H3/t17?,18-,19?,20?,22-/m0/s1. The summed E-state index contributed by atoms with van der Waals surface area (Å²) in [5, 5.41) is -1.01. The van der Waals surface area contributed by atoms with Gasteiger partial charge in [0.05, 0.1) is 0 Å². The van der Waals surface area contributed by atoms with Crippen molar-refractivity contribution in [1.29, 1.82) is 0 Å². The summed E-state index contributed by atoms with van der Waals surface area (Å²) in [5.41, 5.74) is 1.42. The molecule has 0 radical (unpaired) electrons. The molecule has 10 nitrogen and oxygen atoms in total. The molecule has 5 atom stereocenters. The van der Waals surface area contributed by atoms with Crippen LogP contribution in [0.5, 0.6) is 0 Å². The third-order valence-corrected chi connectivity index (χ3v) is 6.69. The summed E-state index contributed by atoms with van der Waals surface area (Å²) in [4.78, 5) is 59.7. The fourth-order valence-corrected chi connectivity index (χ4v) is 5.30. The molecule has 0 amide bonds. The molecule has 180 valence electrons. The molecule has 33 heavy (non-hydrogen) atoms. The number of benzene rings is 1. The minimum atomic E-state index is -1.28. The first-order valence-corrected chi connectivity index (χ1v) is 11.9. The molecule has 0 saturated carbocycles. The van der Waals surface area contributed by atoms with Gasteiger partial charge in [0.2, 0.25) is 0 Å². The predicted molar refractivity (Wildman–Crippen MR) is 113 cm³/mol. The van der Waals surface area contributed by atoms with E-state index in [-0.39, 0.29) is 11.3 Å². The summed E-state index contributed by atoms with van der Waals surface area (Å²) in [6.45, 7) is 6.19. The van der Waals surface area contributed by atoms with E-state index < -0.39 is 68.3 Å². The SMILES string of the molecule is CC(=O)OCC1O[C@@H]([Se]C(=O)c2ccc(C)cc2)C(OC(C)=O)C(OC(C)=O)[C@H]1OC(C)=O. The van der Waals surface area contributed by atoms with Gasteiger partial charge in [-0.2, -0.15) is 0 Å². The summed E-state index contributed by atoms with van der Waals surface area (Å²) in [7, 11) is 0. The quantitative estimate of drug-likeness (QED) is 0.272. The van der Waals surface area contributed by atoms with Crippen LogP contribution in [0.15, 0.2) is 24.3 Å². The van der Waals surface area contributed by atoms with Crippen LogP contribution in [0.3, 0.4) is 0 Å². The van der Waals surface area contributed by atoms with E-state index >= 15 is 0 Å². The Balaban J connectivity index is 2.42. The van der Waals surface area contributed by atoms with Crippen molar-refractivity contribution in [2.24, 2.45) is 0 Å². The van der Waals surface area contributed by atoms with Gasteiger partial charge in [0, 0.05) is 0 Å². The van der Waals surface area contributed by atoms with E-state index in [1.165, 1.54) is 6.92 Å². The Morgan fingerprint density at radius 3 is 1.82 bits per heavy atom. The number of aryl methyl sites for hydroxylation is 1. The van der Waals surface area contributed by atoms with Crippen LogP contribution in [0.1, 0.15) is 43.6 Å². The van der Waals surface area contributed by atoms with Crippen molar-refractivity contribution in [3.05, 3.63) is 35.4 Å². The van der Waals surface area contributed by atoms with Gasteiger partial charge in [-0.25, -0.2) is 0 Å². The van der Waals surface area contributed by atoms with Crippen LogP contribution in [0.25, 0.3) is 0 Å². The zero-order chi connectivity index (χ0) is 24.7. The van der Waals surface area contributed by atoms with Crippen molar-refractivity contribution in [2.75, 3.05) is 6.61 Å². The Hall–Kier alpha value is -2.75. The molecule has 1 aromatic carbocycles. The van der Waals surface area contributed by atoms with Gasteiger partial charge in [0.15, 0.2) is 0 Å². The summed E-state index contributed by atoms with van der Waals surface area (Å²) in [6, 6.07) is 6.92. The second-order valence-electron chi connectivity index (χ2n) is 7.34. The Kier molecular flexibility index (Phi) is 9.57. The topological polar surface area (TPSA) is 132 Å². The molecule has 0 N–H and O–H groups in total. The molecule has 1 fully saturated rings. The normalized spacial score (nSPS) is 24.3. The van der Waals surface area contributed by atoms with Crippen LogP contribution in [-0.2, 0) is 42.9 Å². The average molecular weight is 529 g/mol. The molecule has 0 spiro atoms. The third kappa shape index (κ3) is 7.96. The van der Waals surface area contributed by atoms with Gasteiger partial charge in [-0.05, 0) is 0 Å². The number of carbonyl (C=O) groups excluding carboxylic acids is 5. The molecule has 1 aromatic rings. The average Bonchev–Trinajstić information content (AvgIpc) is 2.70. The molecule has 0 bridgehead atoms. The maximum absolute atomic E-state index is 12.9. The van der Waals surface area contributed by atoms with Crippen molar-refractivity contribution in [3.63, 3.8) is 0 Å². The van der Waals surface area contributed by atoms with E-state index in [2.05, 4.69) is 0 Å². The van der Waals surface area contributed by atoms with Crippen molar-refractivity contribution in [2.45, 2.75) is 64.0 Å². The van der Waals surface area contributed by atoms with Gasteiger partial charge in [0.25, 0.3) is 0 Å². The van der Waals surface area contributed by atoms with Crippen LogP contribution in [0.4, 0.5) is 0 Å². The molecule has 0 aromatic heterocycles. The zero-order valence-corrected chi connectivity index (χ0v) is 20.6. The van der Waals surface area contributed by atoms with Crippen molar-refractivity contribution < 1.29 is 47.7 Å². The molecule has 1 heterocycles. The minimum absolute atomic E-state index is 0.247. The summed E-state index contributed by atoms with van der Waals surface area (Å²) in [5.74, 6) is -2.75. The van der Waals surface area contributed by atoms with E-state index in [1.807, 2.05) is 6.92 Å². The van der Waals surface area contributed by atoms with Crippen LogP contribution < -0.4 is 0 Å².